The highest BCUT2D eigenvalue weighted by Crippen LogP contribution is 2.37. The molecule has 0 unspecified atom stereocenters. The van der Waals surface area contributed by atoms with Gasteiger partial charge in [-0.05, 0) is 47.2 Å². The van der Waals surface area contributed by atoms with Crippen LogP contribution in [0.25, 0.3) is 5.57 Å². The van der Waals surface area contributed by atoms with E-state index in [9.17, 15) is 13.2 Å². The molecule has 10 heteroatoms. The van der Waals surface area contributed by atoms with Crippen molar-refractivity contribution >= 4 is 33.0 Å². The minimum absolute atomic E-state index is 0.0338. The maximum Gasteiger partial charge on any atom is 0.235 e. The first kappa shape index (κ1) is 25.4. The number of anilines is 1. The van der Waals surface area contributed by atoms with E-state index in [0.29, 0.717) is 58.2 Å². The Morgan fingerprint density at radius 1 is 1.05 bits per heavy atom. The second-order valence-corrected chi connectivity index (χ2v) is 12.2. The molecule has 0 spiro atoms. The normalized spacial score (nSPS) is 21.3. The first-order valence-electron chi connectivity index (χ1n) is 12.6. The summed E-state index contributed by atoms with van der Waals surface area (Å²) >= 11 is 0. The lowest BCUT2D eigenvalue weighted by atomic mass is 9.73. The van der Waals surface area contributed by atoms with Gasteiger partial charge in [-0.1, -0.05) is 36.4 Å². The Kier molecular flexibility index (Phi) is 7.32. The van der Waals surface area contributed by atoms with Crippen molar-refractivity contribution in [3.8, 4) is 0 Å². The summed E-state index contributed by atoms with van der Waals surface area (Å²) in [5.74, 6) is 0.803. The maximum atomic E-state index is 13.7. The number of carbonyl (C=O) groups excluding carboxylic acids is 1. The topological polar surface area (TPSA) is 126 Å². The number of nitrogens with zero attached hydrogens (tertiary/aromatic N) is 2. The van der Waals surface area contributed by atoms with Gasteiger partial charge in [0.15, 0.2) is 15.8 Å². The monoisotopic (exact) mass is 523 g/mol. The summed E-state index contributed by atoms with van der Waals surface area (Å²) in [5.41, 5.74) is 9.90. The minimum atomic E-state index is -2.89. The fraction of sp³-hybridized carbons (Fsp3) is 0.407. The van der Waals surface area contributed by atoms with Crippen molar-refractivity contribution in [3.63, 3.8) is 0 Å². The van der Waals surface area contributed by atoms with E-state index < -0.39 is 15.3 Å². The molecule has 196 valence electrons. The Bertz CT molecular complexity index is 1280. The number of amides is 1. The van der Waals surface area contributed by atoms with Crippen LogP contribution in [0.2, 0.25) is 0 Å². The molecule has 3 heterocycles. The van der Waals surface area contributed by atoms with Gasteiger partial charge in [0.1, 0.15) is 0 Å². The lowest BCUT2D eigenvalue weighted by Crippen LogP contribution is -2.44. The average Bonchev–Trinajstić information content (AvgIpc) is 2.92. The van der Waals surface area contributed by atoms with E-state index in [2.05, 4.69) is 20.5 Å². The van der Waals surface area contributed by atoms with E-state index in [4.69, 9.17) is 10.5 Å². The van der Waals surface area contributed by atoms with Crippen LogP contribution in [-0.4, -0.2) is 69.5 Å². The largest absolute Gasteiger partial charge is 0.381 e. The molecular formula is C27H33N5O4S. The molecule has 2 aromatic rings. The first-order valence-corrected chi connectivity index (χ1v) is 14.4. The van der Waals surface area contributed by atoms with E-state index in [-0.39, 0.29) is 17.4 Å². The molecule has 5 rings (SSSR count). The van der Waals surface area contributed by atoms with E-state index >= 15 is 0 Å². The standard InChI is InChI=1S/C27H33N5O4S/c28-26-29-17-22(18-30-26)21-3-5-23(6-4-21)27(9-13-36-14-10-27)25(33)31-24-7-1-20(2-8-24)19-32-11-15-37(34,35)16-12-32/h1-8,17H,9-16,18-19H2,(H,31,33)(H3,28,29,30). The smallest absolute Gasteiger partial charge is 0.235 e. The zero-order chi connectivity index (χ0) is 25.9. The lowest BCUT2D eigenvalue weighted by molar-refractivity contribution is -0.125. The van der Waals surface area contributed by atoms with Gasteiger partial charge in [-0.3, -0.25) is 9.69 Å². The van der Waals surface area contributed by atoms with Crippen LogP contribution in [0.5, 0.6) is 0 Å². The van der Waals surface area contributed by atoms with Crippen LogP contribution in [0.4, 0.5) is 5.69 Å². The van der Waals surface area contributed by atoms with Crippen molar-refractivity contribution in [2.45, 2.75) is 24.8 Å². The SMILES string of the molecule is NC1=NC=C(c2ccc(C3(C(=O)Nc4ccc(CN5CCS(=O)(=O)CC5)cc4)CCOCC3)cc2)CN1. The van der Waals surface area contributed by atoms with Gasteiger partial charge in [0.05, 0.1) is 16.9 Å². The van der Waals surface area contributed by atoms with Crippen molar-refractivity contribution in [2.24, 2.45) is 10.7 Å². The van der Waals surface area contributed by atoms with Crippen LogP contribution < -0.4 is 16.4 Å². The number of benzene rings is 2. The Hall–Kier alpha value is -3.21. The summed E-state index contributed by atoms with van der Waals surface area (Å²) in [4.78, 5) is 20.0. The van der Waals surface area contributed by atoms with Crippen molar-refractivity contribution in [3.05, 3.63) is 71.4 Å². The van der Waals surface area contributed by atoms with Crippen molar-refractivity contribution in [1.29, 1.82) is 0 Å². The number of hydrogen-bond acceptors (Lipinski definition) is 8. The van der Waals surface area contributed by atoms with Crippen LogP contribution in [-0.2, 0) is 31.3 Å². The molecule has 37 heavy (non-hydrogen) atoms. The average molecular weight is 524 g/mol. The molecule has 0 aromatic heterocycles. The number of nitrogens with one attached hydrogen (secondary N) is 2. The Morgan fingerprint density at radius 3 is 2.35 bits per heavy atom. The Balaban J connectivity index is 1.28. The van der Waals surface area contributed by atoms with E-state index in [1.165, 1.54) is 0 Å². The highest BCUT2D eigenvalue weighted by atomic mass is 32.2. The number of aliphatic imine (C=N–C) groups is 1. The van der Waals surface area contributed by atoms with Crippen LogP contribution in [0.1, 0.15) is 29.5 Å². The number of nitrogens with two attached hydrogens (primary N) is 1. The van der Waals surface area contributed by atoms with E-state index in [1.54, 1.807) is 6.20 Å². The molecule has 2 aromatic carbocycles. The van der Waals surface area contributed by atoms with Gasteiger partial charge >= 0.3 is 0 Å². The molecule has 3 aliphatic rings. The number of sulfone groups is 1. The summed E-state index contributed by atoms with van der Waals surface area (Å²) < 4.78 is 28.9. The predicted molar refractivity (Wildman–Crippen MR) is 145 cm³/mol. The van der Waals surface area contributed by atoms with Crippen molar-refractivity contribution in [2.75, 3.05) is 49.7 Å². The van der Waals surface area contributed by atoms with Crippen LogP contribution in [0.15, 0.2) is 59.7 Å². The van der Waals surface area contributed by atoms with Gasteiger partial charge in [-0.15, -0.1) is 0 Å². The van der Waals surface area contributed by atoms with Crippen LogP contribution in [0, 0.1) is 0 Å². The molecule has 0 aliphatic carbocycles. The number of guanidine groups is 1. The molecule has 4 N–H and O–H groups in total. The molecule has 0 atom stereocenters. The van der Waals surface area contributed by atoms with Crippen molar-refractivity contribution in [1.82, 2.24) is 10.2 Å². The first-order chi connectivity index (χ1) is 17.8. The minimum Gasteiger partial charge on any atom is -0.381 e. The second-order valence-electron chi connectivity index (χ2n) is 9.87. The molecular weight excluding hydrogens is 490 g/mol. The summed E-state index contributed by atoms with van der Waals surface area (Å²) in [7, 11) is -2.89. The van der Waals surface area contributed by atoms with Gasteiger partial charge < -0.3 is 21.1 Å². The molecule has 3 aliphatic heterocycles. The Labute approximate surface area is 217 Å². The van der Waals surface area contributed by atoms with Gasteiger partial charge in [-0.25, -0.2) is 13.4 Å². The number of ether oxygens (including phenoxy) is 1. The van der Waals surface area contributed by atoms with Gasteiger partial charge in [-0.2, -0.15) is 0 Å². The molecule has 0 bridgehead atoms. The Morgan fingerprint density at radius 2 is 1.73 bits per heavy atom. The maximum absolute atomic E-state index is 13.7. The van der Waals surface area contributed by atoms with E-state index in [0.717, 1.165) is 28.0 Å². The third-order valence-electron chi connectivity index (χ3n) is 7.46. The fourth-order valence-corrected chi connectivity index (χ4v) is 6.36. The zero-order valence-electron chi connectivity index (χ0n) is 20.8. The summed E-state index contributed by atoms with van der Waals surface area (Å²) in [6.07, 6.45) is 2.99. The second kappa shape index (κ2) is 10.6. The van der Waals surface area contributed by atoms with Gasteiger partial charge in [0.25, 0.3) is 0 Å². The molecule has 0 radical (unpaired) electrons. The summed E-state index contributed by atoms with van der Waals surface area (Å²) in [6, 6.07) is 15.9. The summed E-state index contributed by atoms with van der Waals surface area (Å²) in [6.45, 7) is 3.48. The summed E-state index contributed by atoms with van der Waals surface area (Å²) in [5, 5.41) is 6.18. The third kappa shape index (κ3) is 5.87. The molecule has 1 amide bonds. The van der Waals surface area contributed by atoms with Crippen molar-refractivity contribution < 1.29 is 17.9 Å². The third-order valence-corrected chi connectivity index (χ3v) is 9.07. The number of carbonyl (C=O) groups is 1. The zero-order valence-corrected chi connectivity index (χ0v) is 21.6. The lowest BCUT2D eigenvalue weighted by Gasteiger charge is -2.36. The van der Waals surface area contributed by atoms with Gasteiger partial charge in [0, 0.05) is 51.3 Å². The molecule has 9 nitrogen and oxygen atoms in total. The number of rotatable bonds is 6. The van der Waals surface area contributed by atoms with E-state index in [1.807, 2.05) is 48.5 Å². The van der Waals surface area contributed by atoms with Crippen LogP contribution in [0.3, 0.4) is 0 Å². The molecule has 2 saturated heterocycles. The fourth-order valence-electron chi connectivity index (χ4n) is 5.08. The predicted octanol–water partition coefficient (Wildman–Crippen LogP) is 1.86. The molecule has 2 fully saturated rings. The molecule has 0 saturated carbocycles. The van der Waals surface area contributed by atoms with Crippen LogP contribution >= 0.6 is 0 Å². The quantitative estimate of drug-likeness (QED) is 0.528. The highest BCUT2D eigenvalue weighted by molar-refractivity contribution is 7.91. The van der Waals surface area contributed by atoms with Gasteiger partial charge in [0.2, 0.25) is 5.91 Å². The number of hydrogen-bond donors (Lipinski definition) is 3. The highest BCUT2D eigenvalue weighted by Gasteiger charge is 2.41.